The molecule has 0 saturated carbocycles. The van der Waals surface area contributed by atoms with Gasteiger partial charge in [0.25, 0.3) is 0 Å². The van der Waals surface area contributed by atoms with Gasteiger partial charge >= 0.3 is 0 Å². The molecule has 0 spiro atoms. The molecule has 0 aliphatic carbocycles. The molecule has 0 aliphatic rings. The van der Waals surface area contributed by atoms with Crippen LogP contribution in [0.1, 0.15) is 20.9 Å². The van der Waals surface area contributed by atoms with Crippen LogP contribution in [0.25, 0.3) is 11.1 Å². The third-order valence-corrected chi connectivity index (χ3v) is 8.13. The third-order valence-electron chi connectivity index (χ3n) is 7.14. The van der Waals surface area contributed by atoms with Crippen molar-refractivity contribution in [2.24, 2.45) is 5.10 Å². The molecule has 0 unspecified atom stereocenters. The molecule has 0 N–H and O–H groups in total. The number of hydrogen-bond acceptors (Lipinski definition) is 4. The van der Waals surface area contributed by atoms with Gasteiger partial charge in [-0.15, -0.1) is 11.3 Å². The van der Waals surface area contributed by atoms with Gasteiger partial charge in [0.1, 0.15) is 0 Å². The monoisotopic (exact) mass is 563 g/mol. The lowest BCUT2D eigenvalue weighted by Crippen LogP contribution is -2.15. The minimum atomic E-state index is 0.715. The van der Waals surface area contributed by atoms with Crippen molar-refractivity contribution in [3.8, 4) is 11.1 Å². The van der Waals surface area contributed by atoms with E-state index in [0.717, 1.165) is 28.3 Å². The fourth-order valence-electron chi connectivity index (χ4n) is 5.01. The summed E-state index contributed by atoms with van der Waals surface area (Å²) in [6.07, 6.45) is 1.95. The molecule has 0 bridgehead atoms. The fourth-order valence-corrected chi connectivity index (χ4v) is 5.89. The van der Waals surface area contributed by atoms with E-state index in [-0.39, 0.29) is 0 Å². The van der Waals surface area contributed by atoms with Crippen molar-refractivity contribution in [3.05, 3.63) is 166 Å². The summed E-state index contributed by atoms with van der Waals surface area (Å²) >= 11 is 1.81. The number of rotatable bonds is 9. The lowest BCUT2D eigenvalue weighted by atomic mass is 10.0. The molecule has 42 heavy (non-hydrogen) atoms. The van der Waals surface area contributed by atoms with Gasteiger partial charge in [0.2, 0.25) is 0 Å². The molecule has 0 saturated heterocycles. The lowest BCUT2D eigenvalue weighted by Gasteiger charge is -2.25. The Balaban J connectivity index is 1.27. The predicted octanol–water partition coefficient (Wildman–Crippen LogP) is 10.5. The first-order chi connectivity index (χ1) is 20.6. The topological polar surface area (TPSA) is 18.8 Å². The normalized spacial score (nSPS) is 11.1. The Morgan fingerprint density at radius 3 is 1.79 bits per heavy atom. The summed E-state index contributed by atoms with van der Waals surface area (Å²) in [5.74, 6) is 0. The minimum absolute atomic E-state index is 0.715. The van der Waals surface area contributed by atoms with E-state index in [1.165, 1.54) is 26.4 Å². The average molecular weight is 564 g/mol. The number of aryl methyl sites for hydroxylation is 2. The Hall–Kier alpha value is -4.93. The van der Waals surface area contributed by atoms with Crippen LogP contribution in [-0.2, 0) is 6.54 Å². The number of nitrogens with zero attached hydrogens (tertiary/aromatic N) is 3. The van der Waals surface area contributed by atoms with Gasteiger partial charge in [-0.25, -0.2) is 0 Å². The highest BCUT2D eigenvalue weighted by Gasteiger charge is 2.12. The van der Waals surface area contributed by atoms with E-state index in [1.54, 1.807) is 0 Å². The Morgan fingerprint density at radius 2 is 1.19 bits per heavy atom. The zero-order chi connectivity index (χ0) is 28.7. The highest BCUT2D eigenvalue weighted by atomic mass is 32.1. The molecule has 6 rings (SSSR count). The molecule has 0 aliphatic heterocycles. The number of thiophene rings is 1. The molecule has 0 fully saturated rings. The zero-order valence-electron chi connectivity index (χ0n) is 23.9. The van der Waals surface area contributed by atoms with Crippen LogP contribution in [-0.4, -0.2) is 6.21 Å². The van der Waals surface area contributed by atoms with E-state index in [9.17, 15) is 0 Å². The molecule has 1 aromatic heterocycles. The van der Waals surface area contributed by atoms with Crippen molar-refractivity contribution in [2.75, 3.05) is 9.91 Å². The fraction of sp³-hybridized carbons (Fsp3) is 0.0789. The Labute approximate surface area is 252 Å². The van der Waals surface area contributed by atoms with Gasteiger partial charge in [0.05, 0.1) is 18.4 Å². The second kappa shape index (κ2) is 12.7. The first-order valence-electron chi connectivity index (χ1n) is 14.2. The molecule has 5 aromatic carbocycles. The van der Waals surface area contributed by atoms with Crippen LogP contribution >= 0.6 is 11.3 Å². The van der Waals surface area contributed by atoms with Crippen LogP contribution in [0.3, 0.4) is 0 Å². The molecule has 3 nitrogen and oxygen atoms in total. The maximum atomic E-state index is 4.98. The highest BCUT2D eigenvalue weighted by Crippen LogP contribution is 2.34. The quantitative estimate of drug-likeness (QED) is 0.129. The van der Waals surface area contributed by atoms with E-state index in [2.05, 4.69) is 157 Å². The second-order valence-corrected chi connectivity index (χ2v) is 11.7. The molecular weight excluding hydrogens is 531 g/mol. The van der Waals surface area contributed by atoms with Gasteiger partial charge in [0.15, 0.2) is 0 Å². The number of hydrazone groups is 1. The first kappa shape index (κ1) is 27.3. The number of hydrogen-bond donors (Lipinski definition) is 0. The van der Waals surface area contributed by atoms with Crippen molar-refractivity contribution >= 4 is 40.3 Å². The summed E-state index contributed by atoms with van der Waals surface area (Å²) in [6.45, 7) is 4.99. The van der Waals surface area contributed by atoms with Crippen LogP contribution in [0.15, 0.2) is 151 Å². The second-order valence-electron chi connectivity index (χ2n) is 10.3. The number of anilines is 4. The maximum absolute atomic E-state index is 4.98. The summed E-state index contributed by atoms with van der Waals surface area (Å²) in [6, 6.07) is 51.2. The zero-order valence-corrected chi connectivity index (χ0v) is 24.7. The van der Waals surface area contributed by atoms with Gasteiger partial charge in [-0.05, 0) is 91.2 Å². The summed E-state index contributed by atoms with van der Waals surface area (Å²) in [4.78, 5) is 4.85. The predicted molar refractivity (Wildman–Crippen MR) is 181 cm³/mol. The molecule has 0 atom stereocenters. The maximum Gasteiger partial charge on any atom is 0.0759 e. The van der Waals surface area contributed by atoms with Crippen molar-refractivity contribution in [1.29, 1.82) is 0 Å². The van der Waals surface area contributed by atoms with Crippen molar-refractivity contribution in [2.45, 2.75) is 20.4 Å². The molecule has 206 valence electrons. The van der Waals surface area contributed by atoms with Gasteiger partial charge in [0, 0.05) is 26.8 Å². The van der Waals surface area contributed by atoms with E-state index < -0.39 is 0 Å². The third kappa shape index (κ3) is 6.51. The largest absolute Gasteiger partial charge is 0.311 e. The Morgan fingerprint density at radius 1 is 0.571 bits per heavy atom. The number of benzene rings is 5. The number of para-hydroxylation sites is 2. The van der Waals surface area contributed by atoms with Gasteiger partial charge in [-0.3, -0.25) is 5.01 Å². The minimum Gasteiger partial charge on any atom is -0.311 e. The standard InChI is InChI=1S/C38H33N3S/c1-29-10-9-11-33(26-29)32-19-23-34(24-20-32)40(28-38-25-16-30(2)42-38)39-27-31-17-21-37(22-18-31)41(35-12-5-3-6-13-35)36-14-7-4-8-15-36/h3-27H,28H2,1-2H3. The highest BCUT2D eigenvalue weighted by molar-refractivity contribution is 7.11. The molecule has 6 aromatic rings. The summed E-state index contributed by atoms with van der Waals surface area (Å²) in [5.41, 5.74) is 9.14. The smallest absolute Gasteiger partial charge is 0.0759 e. The van der Waals surface area contributed by atoms with Crippen LogP contribution in [0.5, 0.6) is 0 Å². The molecule has 1 heterocycles. The van der Waals surface area contributed by atoms with Gasteiger partial charge in [-0.1, -0.05) is 90.5 Å². The summed E-state index contributed by atoms with van der Waals surface area (Å²) < 4.78 is 0. The van der Waals surface area contributed by atoms with Gasteiger partial charge < -0.3 is 4.90 Å². The van der Waals surface area contributed by atoms with Crippen molar-refractivity contribution < 1.29 is 0 Å². The lowest BCUT2D eigenvalue weighted by molar-refractivity contribution is 0.871. The molecular formula is C38H33N3S. The van der Waals surface area contributed by atoms with Gasteiger partial charge in [-0.2, -0.15) is 5.10 Å². The molecule has 4 heteroatoms. The molecule has 0 amide bonds. The van der Waals surface area contributed by atoms with Crippen LogP contribution in [0.4, 0.5) is 22.7 Å². The summed E-state index contributed by atoms with van der Waals surface area (Å²) in [5, 5.41) is 7.06. The first-order valence-corrected chi connectivity index (χ1v) is 15.0. The van der Waals surface area contributed by atoms with Crippen molar-refractivity contribution in [1.82, 2.24) is 0 Å². The van der Waals surface area contributed by atoms with E-state index in [4.69, 9.17) is 5.10 Å². The molecule has 0 radical (unpaired) electrons. The van der Waals surface area contributed by atoms with Crippen LogP contribution < -0.4 is 9.91 Å². The van der Waals surface area contributed by atoms with Crippen molar-refractivity contribution in [3.63, 3.8) is 0 Å². The van der Waals surface area contributed by atoms with E-state index >= 15 is 0 Å². The van der Waals surface area contributed by atoms with E-state index in [0.29, 0.717) is 6.54 Å². The van der Waals surface area contributed by atoms with Crippen LogP contribution in [0.2, 0.25) is 0 Å². The SMILES string of the molecule is Cc1cccc(-c2ccc(N(Cc3ccc(C)s3)N=Cc3ccc(N(c4ccccc4)c4ccccc4)cc3)cc2)c1. The Kier molecular flexibility index (Phi) is 8.25. The van der Waals surface area contributed by atoms with Crippen LogP contribution in [0, 0.1) is 13.8 Å². The summed E-state index contributed by atoms with van der Waals surface area (Å²) in [7, 11) is 0. The Bertz CT molecular complexity index is 1720. The van der Waals surface area contributed by atoms with E-state index in [1.807, 2.05) is 29.7 Å². The average Bonchev–Trinajstić information content (AvgIpc) is 3.45.